The molecule has 3 N–H and O–H groups in total. The van der Waals surface area contributed by atoms with Gasteiger partial charge in [-0.1, -0.05) is 13.3 Å². The minimum Gasteiger partial charge on any atom is -0.324 e. The molecule has 1 aromatic rings. The molecule has 98 valence electrons. The van der Waals surface area contributed by atoms with Crippen LogP contribution in [0.1, 0.15) is 19.8 Å². The molecule has 0 aliphatic heterocycles. The van der Waals surface area contributed by atoms with Crippen LogP contribution >= 0.6 is 15.9 Å². The molecule has 7 heteroatoms. The zero-order valence-electron chi connectivity index (χ0n) is 9.85. The van der Waals surface area contributed by atoms with Crippen LogP contribution in [0, 0.1) is 10.1 Å². The molecule has 0 aromatic heterocycles. The number of carbonyl (C=O) groups excluding carboxylic acids is 1. The lowest BCUT2D eigenvalue weighted by atomic mass is 10.1. The van der Waals surface area contributed by atoms with E-state index in [1.54, 1.807) is 6.07 Å². The highest BCUT2D eigenvalue weighted by atomic mass is 79.9. The number of benzene rings is 1. The van der Waals surface area contributed by atoms with E-state index in [2.05, 4.69) is 21.2 Å². The molecule has 0 spiro atoms. The first-order valence-electron chi connectivity index (χ1n) is 5.46. The number of carbonyl (C=O) groups is 1. The summed E-state index contributed by atoms with van der Waals surface area (Å²) in [5.74, 6) is -0.339. The molecule has 1 atom stereocenters. The first-order valence-corrected chi connectivity index (χ1v) is 6.25. The Hall–Kier alpha value is -1.47. The number of nitro benzene ring substituents is 1. The van der Waals surface area contributed by atoms with E-state index in [1.807, 2.05) is 6.92 Å². The molecule has 0 bridgehead atoms. The highest BCUT2D eigenvalue weighted by Gasteiger charge is 2.16. The van der Waals surface area contributed by atoms with Crippen molar-refractivity contribution in [3.8, 4) is 0 Å². The Morgan fingerprint density at radius 2 is 2.28 bits per heavy atom. The summed E-state index contributed by atoms with van der Waals surface area (Å²) < 4.78 is 0.364. The predicted molar refractivity (Wildman–Crippen MR) is 72.3 cm³/mol. The number of anilines is 1. The largest absolute Gasteiger partial charge is 0.324 e. The number of nitrogens with one attached hydrogen (secondary N) is 1. The van der Waals surface area contributed by atoms with Crippen molar-refractivity contribution in [2.75, 3.05) is 5.32 Å². The van der Waals surface area contributed by atoms with E-state index in [4.69, 9.17) is 5.73 Å². The van der Waals surface area contributed by atoms with Gasteiger partial charge in [-0.05, 0) is 34.5 Å². The summed E-state index contributed by atoms with van der Waals surface area (Å²) in [6.45, 7) is 1.93. The lowest BCUT2D eigenvalue weighted by Gasteiger charge is -2.11. The summed E-state index contributed by atoms with van der Waals surface area (Å²) in [4.78, 5) is 21.9. The van der Waals surface area contributed by atoms with Gasteiger partial charge in [0.05, 0.1) is 15.4 Å². The Morgan fingerprint density at radius 3 is 2.83 bits per heavy atom. The van der Waals surface area contributed by atoms with E-state index in [0.717, 1.165) is 6.42 Å². The molecule has 0 aliphatic rings. The fourth-order valence-electron chi connectivity index (χ4n) is 1.41. The Kier molecular flexibility index (Phi) is 5.24. The van der Waals surface area contributed by atoms with Crippen molar-refractivity contribution in [2.45, 2.75) is 25.8 Å². The Morgan fingerprint density at radius 1 is 1.61 bits per heavy atom. The van der Waals surface area contributed by atoms with Crippen LogP contribution in [0.5, 0.6) is 0 Å². The minimum atomic E-state index is -0.599. The molecule has 18 heavy (non-hydrogen) atoms. The van der Waals surface area contributed by atoms with Crippen molar-refractivity contribution in [3.63, 3.8) is 0 Å². The van der Waals surface area contributed by atoms with Crippen LogP contribution in [-0.2, 0) is 4.79 Å². The second-order valence-electron chi connectivity index (χ2n) is 3.81. The average Bonchev–Trinajstić information content (AvgIpc) is 2.31. The normalized spacial score (nSPS) is 11.9. The summed E-state index contributed by atoms with van der Waals surface area (Å²) in [6, 6.07) is 3.78. The van der Waals surface area contributed by atoms with E-state index in [1.165, 1.54) is 12.1 Å². The second-order valence-corrected chi connectivity index (χ2v) is 4.66. The molecule has 1 rings (SSSR count). The Labute approximate surface area is 113 Å². The van der Waals surface area contributed by atoms with E-state index in [9.17, 15) is 14.9 Å². The van der Waals surface area contributed by atoms with Gasteiger partial charge >= 0.3 is 0 Å². The van der Waals surface area contributed by atoms with E-state index in [-0.39, 0.29) is 11.6 Å². The summed E-state index contributed by atoms with van der Waals surface area (Å²) in [7, 11) is 0. The maximum absolute atomic E-state index is 11.7. The third kappa shape index (κ3) is 3.78. The zero-order chi connectivity index (χ0) is 13.7. The van der Waals surface area contributed by atoms with Gasteiger partial charge in [-0.15, -0.1) is 0 Å². The van der Waals surface area contributed by atoms with Gasteiger partial charge in [-0.25, -0.2) is 0 Å². The molecular formula is C11H14BrN3O3. The van der Waals surface area contributed by atoms with Crippen LogP contribution in [0.2, 0.25) is 0 Å². The van der Waals surface area contributed by atoms with Crippen LogP contribution in [0.15, 0.2) is 22.7 Å². The number of hydrogen-bond acceptors (Lipinski definition) is 4. The van der Waals surface area contributed by atoms with Gasteiger partial charge in [-0.3, -0.25) is 14.9 Å². The van der Waals surface area contributed by atoms with Crippen molar-refractivity contribution in [1.29, 1.82) is 0 Å². The van der Waals surface area contributed by atoms with Crippen LogP contribution in [-0.4, -0.2) is 16.9 Å². The lowest BCUT2D eigenvalue weighted by Crippen LogP contribution is -2.35. The van der Waals surface area contributed by atoms with Crippen LogP contribution in [0.25, 0.3) is 0 Å². The van der Waals surface area contributed by atoms with Gasteiger partial charge in [0.1, 0.15) is 0 Å². The molecule has 1 amide bonds. The van der Waals surface area contributed by atoms with Crippen molar-refractivity contribution in [3.05, 3.63) is 32.8 Å². The maximum Gasteiger partial charge on any atom is 0.285 e. The summed E-state index contributed by atoms with van der Waals surface area (Å²) >= 11 is 3.07. The van der Waals surface area contributed by atoms with Crippen LogP contribution in [0.4, 0.5) is 11.4 Å². The number of amides is 1. The molecular weight excluding hydrogens is 302 g/mol. The number of nitrogens with zero attached hydrogens (tertiary/aromatic N) is 1. The molecule has 0 unspecified atom stereocenters. The van der Waals surface area contributed by atoms with E-state index < -0.39 is 11.0 Å². The van der Waals surface area contributed by atoms with Gasteiger partial charge in [-0.2, -0.15) is 0 Å². The third-order valence-electron chi connectivity index (χ3n) is 2.35. The topological polar surface area (TPSA) is 98.3 Å². The minimum absolute atomic E-state index is 0.100. The SMILES string of the molecule is CCC[C@@H](N)C(=O)Nc1ccc(Br)c([N+](=O)[O-])c1. The van der Waals surface area contributed by atoms with E-state index >= 15 is 0 Å². The molecule has 0 radical (unpaired) electrons. The first kappa shape index (κ1) is 14.6. The van der Waals surface area contributed by atoms with E-state index in [0.29, 0.717) is 16.6 Å². The number of hydrogen-bond donors (Lipinski definition) is 2. The van der Waals surface area contributed by atoms with Gasteiger partial charge in [0.15, 0.2) is 0 Å². The molecule has 1 aromatic carbocycles. The second kappa shape index (κ2) is 6.46. The van der Waals surface area contributed by atoms with Gasteiger partial charge in [0.25, 0.3) is 5.69 Å². The van der Waals surface area contributed by atoms with Crippen molar-refractivity contribution in [1.82, 2.24) is 0 Å². The standard InChI is InChI=1S/C11H14BrN3O3/c1-2-3-9(13)11(16)14-7-4-5-8(12)10(6-7)15(17)18/h4-6,9H,2-3,13H2,1H3,(H,14,16)/t9-/m1/s1. The fraction of sp³-hybridized carbons (Fsp3) is 0.364. The summed E-state index contributed by atoms with van der Waals surface area (Å²) in [5, 5.41) is 13.3. The Bertz CT molecular complexity index is 465. The maximum atomic E-state index is 11.7. The monoisotopic (exact) mass is 315 g/mol. The van der Waals surface area contributed by atoms with Crippen molar-refractivity contribution < 1.29 is 9.72 Å². The smallest absolute Gasteiger partial charge is 0.285 e. The van der Waals surface area contributed by atoms with Crippen LogP contribution in [0.3, 0.4) is 0 Å². The third-order valence-corrected chi connectivity index (χ3v) is 3.02. The quantitative estimate of drug-likeness (QED) is 0.644. The van der Waals surface area contributed by atoms with Gasteiger partial charge < -0.3 is 11.1 Å². The number of nitro groups is 1. The molecule has 6 nitrogen and oxygen atoms in total. The van der Waals surface area contributed by atoms with Crippen LogP contribution < -0.4 is 11.1 Å². The molecule has 0 fully saturated rings. The number of nitrogens with two attached hydrogens (primary N) is 1. The van der Waals surface area contributed by atoms with Crippen molar-refractivity contribution >= 4 is 33.2 Å². The number of rotatable bonds is 5. The molecule has 0 saturated heterocycles. The first-order chi connectivity index (χ1) is 8.45. The highest BCUT2D eigenvalue weighted by molar-refractivity contribution is 9.10. The highest BCUT2D eigenvalue weighted by Crippen LogP contribution is 2.27. The van der Waals surface area contributed by atoms with Crippen molar-refractivity contribution in [2.24, 2.45) is 5.73 Å². The molecule has 0 saturated carbocycles. The Balaban J connectivity index is 2.82. The van der Waals surface area contributed by atoms with Gasteiger partial charge in [0.2, 0.25) is 5.91 Å². The average molecular weight is 316 g/mol. The fourth-order valence-corrected chi connectivity index (χ4v) is 1.80. The lowest BCUT2D eigenvalue weighted by molar-refractivity contribution is -0.385. The molecule has 0 aliphatic carbocycles. The van der Waals surface area contributed by atoms with Gasteiger partial charge in [0, 0.05) is 11.8 Å². The number of halogens is 1. The predicted octanol–water partition coefficient (Wildman–Crippen LogP) is 2.42. The summed E-state index contributed by atoms with van der Waals surface area (Å²) in [5.41, 5.74) is 5.91. The zero-order valence-corrected chi connectivity index (χ0v) is 11.4. The molecule has 0 heterocycles. The summed E-state index contributed by atoms with van der Waals surface area (Å²) in [6.07, 6.45) is 1.37.